The average Bonchev–Trinajstić information content (AvgIpc) is 3.02. The van der Waals surface area contributed by atoms with Crippen LogP contribution in [0.2, 0.25) is 0 Å². The van der Waals surface area contributed by atoms with Gasteiger partial charge in [-0.25, -0.2) is 0 Å². The van der Waals surface area contributed by atoms with Gasteiger partial charge >= 0.3 is 11.9 Å². The maximum Gasteiger partial charge on any atom is 0.306 e. The Hall–Kier alpha value is -2.40. The molecule has 0 rings (SSSR count). The van der Waals surface area contributed by atoms with E-state index in [0.29, 0.717) is 12.8 Å². The van der Waals surface area contributed by atoms with E-state index in [1.165, 1.54) is 51.4 Å². The number of carbonyl (C=O) groups excluding carboxylic acids is 2. The smallest absolute Gasteiger partial charge is 0.306 e. The highest BCUT2D eigenvalue weighted by Gasteiger charge is 2.16. The molecule has 0 amide bonds. The van der Waals surface area contributed by atoms with Crippen molar-refractivity contribution in [2.24, 2.45) is 0 Å². The highest BCUT2D eigenvalue weighted by atomic mass is 16.6. The van der Waals surface area contributed by atoms with Crippen LogP contribution >= 0.6 is 0 Å². The normalized spacial score (nSPS) is 12.9. The zero-order chi connectivity index (χ0) is 32.2. The molecule has 0 bridgehead atoms. The van der Waals surface area contributed by atoms with Gasteiger partial charge in [-0.3, -0.25) is 9.59 Å². The van der Waals surface area contributed by atoms with Gasteiger partial charge in [0.15, 0.2) is 6.10 Å². The fourth-order valence-electron chi connectivity index (χ4n) is 4.60. The van der Waals surface area contributed by atoms with Crippen molar-refractivity contribution in [3.8, 4) is 0 Å². The Morgan fingerprint density at radius 2 is 0.977 bits per heavy atom. The summed E-state index contributed by atoms with van der Waals surface area (Å²) in [6, 6.07) is 0. The molecule has 0 aliphatic carbocycles. The van der Waals surface area contributed by atoms with Gasteiger partial charge in [-0.15, -0.1) is 0 Å². The highest BCUT2D eigenvalue weighted by Crippen LogP contribution is 2.11. The second-order valence-electron chi connectivity index (χ2n) is 11.6. The summed E-state index contributed by atoms with van der Waals surface area (Å²) in [6.45, 7) is 3.94. The van der Waals surface area contributed by atoms with Crippen LogP contribution in [0.25, 0.3) is 0 Å². The lowest BCUT2D eigenvalue weighted by atomic mass is 10.1. The second-order valence-corrected chi connectivity index (χ2v) is 11.6. The van der Waals surface area contributed by atoms with Gasteiger partial charge in [-0.05, 0) is 77.0 Å². The number of carbonyl (C=O) groups is 2. The molecule has 0 aliphatic heterocycles. The van der Waals surface area contributed by atoms with Crippen molar-refractivity contribution in [1.29, 1.82) is 0 Å². The number of allylic oxidation sites excluding steroid dienone is 10. The SMILES string of the molecule is CC/C=C\C/C=C\C/C=C\CCCCCC(=O)OC(CO)COC(=O)CCCCCCCCC/C=C\C/C=C\CCCCC. The van der Waals surface area contributed by atoms with Crippen molar-refractivity contribution in [3.63, 3.8) is 0 Å². The van der Waals surface area contributed by atoms with E-state index in [2.05, 4.69) is 74.6 Å². The first kappa shape index (κ1) is 41.6. The van der Waals surface area contributed by atoms with Crippen LogP contribution < -0.4 is 0 Å². The first-order valence-electron chi connectivity index (χ1n) is 17.8. The molecule has 0 aromatic carbocycles. The molecule has 0 heterocycles. The molecule has 1 unspecified atom stereocenters. The van der Waals surface area contributed by atoms with Crippen LogP contribution in [0.3, 0.4) is 0 Å². The Balaban J connectivity index is 3.64. The Kier molecular flexibility index (Phi) is 33.2. The predicted octanol–water partition coefficient (Wildman–Crippen LogP) is 10.8. The molecule has 0 saturated carbocycles. The molecule has 5 nitrogen and oxygen atoms in total. The summed E-state index contributed by atoms with van der Waals surface area (Å²) < 4.78 is 10.5. The first-order chi connectivity index (χ1) is 21.6. The van der Waals surface area contributed by atoms with Crippen molar-refractivity contribution in [1.82, 2.24) is 0 Å². The van der Waals surface area contributed by atoms with Crippen LogP contribution in [-0.2, 0) is 19.1 Å². The number of ether oxygens (including phenoxy) is 2. The zero-order valence-electron chi connectivity index (χ0n) is 28.4. The predicted molar refractivity (Wildman–Crippen MR) is 187 cm³/mol. The molecule has 44 heavy (non-hydrogen) atoms. The van der Waals surface area contributed by atoms with Gasteiger partial charge in [0.05, 0.1) is 6.61 Å². The number of esters is 2. The molecular weight excluding hydrogens is 548 g/mol. The Bertz CT molecular complexity index is 792. The maximum atomic E-state index is 12.1. The summed E-state index contributed by atoms with van der Waals surface area (Å²) in [5.74, 6) is -0.641. The molecule has 5 heteroatoms. The van der Waals surface area contributed by atoms with E-state index in [4.69, 9.17) is 9.47 Å². The molecule has 252 valence electrons. The topological polar surface area (TPSA) is 72.8 Å². The lowest BCUT2D eigenvalue weighted by Gasteiger charge is -2.15. The number of hydrogen-bond donors (Lipinski definition) is 1. The third-order valence-corrected chi connectivity index (χ3v) is 7.30. The van der Waals surface area contributed by atoms with E-state index in [0.717, 1.165) is 77.0 Å². The number of aliphatic hydroxyl groups is 1. The third-order valence-electron chi connectivity index (χ3n) is 7.30. The standard InChI is InChI=1S/C39H66O5/c1-3-5-7-9-11-13-15-17-18-19-20-22-23-25-27-29-31-33-38(41)43-36-37(35-40)44-39(42)34-32-30-28-26-24-21-16-14-12-10-8-6-4-2/h6,8,11-14,17-18,21,24,37,40H,3-5,7,9-10,15-16,19-20,22-23,25-36H2,1-2H3/b8-6-,13-11-,14-12-,18-17-,24-21-. The van der Waals surface area contributed by atoms with Crippen molar-refractivity contribution >= 4 is 11.9 Å². The molecular formula is C39H66O5. The van der Waals surface area contributed by atoms with E-state index in [9.17, 15) is 14.7 Å². The van der Waals surface area contributed by atoms with Crippen LogP contribution in [0.5, 0.6) is 0 Å². The largest absolute Gasteiger partial charge is 0.462 e. The van der Waals surface area contributed by atoms with Gasteiger partial charge in [0.1, 0.15) is 6.61 Å². The Labute approximate surface area is 271 Å². The molecule has 0 fully saturated rings. The molecule has 1 atom stereocenters. The highest BCUT2D eigenvalue weighted by molar-refractivity contribution is 5.70. The van der Waals surface area contributed by atoms with Gasteiger partial charge in [-0.2, -0.15) is 0 Å². The maximum absolute atomic E-state index is 12.1. The quantitative estimate of drug-likeness (QED) is 0.0478. The summed E-state index contributed by atoms with van der Waals surface area (Å²) >= 11 is 0. The molecule has 0 spiro atoms. The van der Waals surface area contributed by atoms with Gasteiger partial charge in [0.25, 0.3) is 0 Å². The number of unbranched alkanes of at least 4 members (excludes halogenated alkanes) is 13. The lowest BCUT2D eigenvalue weighted by Crippen LogP contribution is -2.28. The summed E-state index contributed by atoms with van der Waals surface area (Å²) in [5.41, 5.74) is 0. The third kappa shape index (κ3) is 32.5. The van der Waals surface area contributed by atoms with Gasteiger partial charge < -0.3 is 14.6 Å². The number of hydrogen-bond acceptors (Lipinski definition) is 5. The minimum Gasteiger partial charge on any atom is -0.462 e. The first-order valence-corrected chi connectivity index (χ1v) is 17.8. The fourth-order valence-corrected chi connectivity index (χ4v) is 4.60. The summed E-state index contributed by atoms with van der Waals surface area (Å²) in [7, 11) is 0. The summed E-state index contributed by atoms with van der Waals surface area (Å²) in [6.07, 6.45) is 44.2. The molecule has 0 aromatic heterocycles. The van der Waals surface area contributed by atoms with Crippen molar-refractivity contribution < 1.29 is 24.2 Å². The molecule has 0 aliphatic rings. The summed E-state index contributed by atoms with van der Waals surface area (Å²) in [4.78, 5) is 24.1. The van der Waals surface area contributed by atoms with E-state index in [-0.39, 0.29) is 25.2 Å². The molecule has 1 N–H and O–H groups in total. The average molecular weight is 615 g/mol. The fraction of sp³-hybridized carbons (Fsp3) is 0.692. The molecule has 0 radical (unpaired) electrons. The van der Waals surface area contributed by atoms with E-state index in [1.807, 2.05) is 0 Å². The van der Waals surface area contributed by atoms with Crippen LogP contribution in [-0.4, -0.2) is 36.4 Å². The minimum atomic E-state index is -0.790. The lowest BCUT2D eigenvalue weighted by molar-refractivity contribution is -0.161. The monoisotopic (exact) mass is 614 g/mol. The van der Waals surface area contributed by atoms with Crippen LogP contribution in [0, 0.1) is 0 Å². The second kappa shape index (κ2) is 35.1. The number of rotatable bonds is 31. The van der Waals surface area contributed by atoms with E-state index in [1.54, 1.807) is 0 Å². The van der Waals surface area contributed by atoms with Crippen LogP contribution in [0.4, 0.5) is 0 Å². The van der Waals surface area contributed by atoms with E-state index >= 15 is 0 Å². The van der Waals surface area contributed by atoms with Crippen molar-refractivity contribution in [2.75, 3.05) is 13.2 Å². The van der Waals surface area contributed by atoms with Crippen molar-refractivity contribution in [3.05, 3.63) is 60.8 Å². The number of aliphatic hydroxyl groups excluding tert-OH is 1. The Morgan fingerprint density at radius 3 is 1.50 bits per heavy atom. The Morgan fingerprint density at radius 1 is 0.545 bits per heavy atom. The molecule has 0 aromatic rings. The minimum absolute atomic E-state index is 0.0844. The van der Waals surface area contributed by atoms with Gasteiger partial charge in [0.2, 0.25) is 0 Å². The molecule has 0 saturated heterocycles. The summed E-state index contributed by atoms with van der Waals surface area (Å²) in [5, 5.41) is 9.51. The van der Waals surface area contributed by atoms with Crippen LogP contribution in [0.15, 0.2) is 60.8 Å². The van der Waals surface area contributed by atoms with Gasteiger partial charge in [0, 0.05) is 12.8 Å². The van der Waals surface area contributed by atoms with Gasteiger partial charge in [-0.1, -0.05) is 126 Å². The zero-order valence-corrected chi connectivity index (χ0v) is 28.4. The van der Waals surface area contributed by atoms with Crippen molar-refractivity contribution in [2.45, 2.75) is 161 Å². The van der Waals surface area contributed by atoms with Crippen LogP contribution in [0.1, 0.15) is 155 Å². The van der Waals surface area contributed by atoms with E-state index < -0.39 is 6.10 Å².